The number of nitrogens with one attached hydrogen (secondary N) is 1. The fraction of sp³-hybridized carbons (Fsp3) is 0.438. The zero-order valence-electron chi connectivity index (χ0n) is 13.0. The number of amides is 1. The lowest BCUT2D eigenvalue weighted by atomic mass is 10.2. The number of hydrogen-bond donors (Lipinski definition) is 1. The molecule has 0 bridgehead atoms. The first-order valence-electron chi connectivity index (χ1n) is 6.94. The van der Waals surface area contributed by atoms with Crippen LogP contribution in [0.1, 0.15) is 32.8 Å². The van der Waals surface area contributed by atoms with Gasteiger partial charge in [-0.25, -0.2) is 0 Å². The molecule has 1 rings (SSSR count). The van der Waals surface area contributed by atoms with Gasteiger partial charge in [0.2, 0.25) is 5.91 Å². The van der Waals surface area contributed by atoms with Gasteiger partial charge in [0.05, 0.1) is 0 Å². The highest BCUT2D eigenvalue weighted by Crippen LogP contribution is 2.08. The Morgan fingerprint density at radius 2 is 1.68 bits per heavy atom. The molecule has 1 amide bonds. The van der Waals surface area contributed by atoms with Crippen LogP contribution in [0, 0.1) is 0 Å². The number of carbonyl (C=O) groups excluding carboxylic acids is 3. The largest absolute Gasteiger partial charge is 0.460 e. The summed E-state index contributed by atoms with van der Waals surface area (Å²) in [5.41, 5.74) is 0.210. The summed E-state index contributed by atoms with van der Waals surface area (Å²) >= 11 is 0. The van der Waals surface area contributed by atoms with Crippen LogP contribution in [0.4, 0.5) is 0 Å². The summed E-state index contributed by atoms with van der Waals surface area (Å²) in [6, 6.07) is 9.20. The highest BCUT2D eigenvalue weighted by molar-refractivity contribution is 5.95. The lowest BCUT2D eigenvalue weighted by Gasteiger charge is -2.19. The Hall–Kier alpha value is -2.37. The minimum absolute atomic E-state index is 0.140. The van der Waals surface area contributed by atoms with Gasteiger partial charge in [0.25, 0.3) is 0 Å². The maximum absolute atomic E-state index is 11.5. The van der Waals surface area contributed by atoms with Crippen molar-refractivity contribution in [2.75, 3.05) is 6.54 Å². The second-order valence-electron chi connectivity index (χ2n) is 5.69. The van der Waals surface area contributed by atoms with Crippen molar-refractivity contribution >= 4 is 17.8 Å². The topological polar surface area (TPSA) is 81.7 Å². The quantitative estimate of drug-likeness (QED) is 0.637. The molecule has 0 saturated heterocycles. The summed E-state index contributed by atoms with van der Waals surface area (Å²) in [6.45, 7) is 4.99. The summed E-state index contributed by atoms with van der Waals surface area (Å²) in [6.07, 6.45) is -0.427. The fourth-order valence-electron chi connectivity index (χ4n) is 1.53. The Balaban J connectivity index is 2.23. The van der Waals surface area contributed by atoms with Crippen molar-refractivity contribution in [2.24, 2.45) is 0 Å². The molecule has 1 aromatic carbocycles. The number of benzene rings is 1. The highest BCUT2D eigenvalue weighted by atomic mass is 16.6. The third-order valence-electron chi connectivity index (χ3n) is 2.40. The van der Waals surface area contributed by atoms with E-state index in [4.69, 9.17) is 9.47 Å². The lowest BCUT2D eigenvalue weighted by molar-refractivity contribution is -0.157. The molecule has 1 aromatic rings. The smallest absolute Gasteiger partial charge is 0.325 e. The van der Waals surface area contributed by atoms with Crippen LogP contribution in [0.25, 0.3) is 0 Å². The summed E-state index contributed by atoms with van der Waals surface area (Å²) in [7, 11) is 0. The summed E-state index contributed by atoms with van der Waals surface area (Å²) in [5.74, 6) is -1.78. The first-order valence-corrected chi connectivity index (χ1v) is 6.94. The number of ether oxygens (including phenoxy) is 2. The SMILES string of the molecule is CC(C)(C)OC(=O)CC(=O)NCC(=O)OCc1ccccc1. The molecule has 0 fully saturated rings. The van der Waals surface area contributed by atoms with Crippen molar-refractivity contribution in [3.63, 3.8) is 0 Å². The van der Waals surface area contributed by atoms with Crippen molar-refractivity contribution in [3.05, 3.63) is 35.9 Å². The first kappa shape index (κ1) is 17.7. The summed E-state index contributed by atoms with van der Waals surface area (Å²) in [5, 5.41) is 2.32. The summed E-state index contributed by atoms with van der Waals surface area (Å²) in [4.78, 5) is 34.4. The summed E-state index contributed by atoms with van der Waals surface area (Å²) < 4.78 is 10.00. The van der Waals surface area contributed by atoms with Crippen LogP contribution in [0.3, 0.4) is 0 Å². The van der Waals surface area contributed by atoms with Gasteiger partial charge in [-0.05, 0) is 26.3 Å². The van der Waals surface area contributed by atoms with Crippen LogP contribution in [0.5, 0.6) is 0 Å². The van der Waals surface area contributed by atoms with Gasteiger partial charge >= 0.3 is 11.9 Å². The molecule has 0 radical (unpaired) electrons. The molecule has 120 valence electrons. The van der Waals surface area contributed by atoms with Crippen LogP contribution in [-0.4, -0.2) is 30.0 Å². The van der Waals surface area contributed by atoms with Crippen molar-refractivity contribution in [2.45, 2.75) is 39.4 Å². The molecule has 22 heavy (non-hydrogen) atoms. The zero-order valence-corrected chi connectivity index (χ0v) is 13.0. The average molecular weight is 307 g/mol. The van der Waals surface area contributed by atoms with E-state index in [1.807, 2.05) is 30.3 Å². The van der Waals surface area contributed by atoms with Crippen LogP contribution in [0.15, 0.2) is 30.3 Å². The van der Waals surface area contributed by atoms with Crippen molar-refractivity contribution in [3.8, 4) is 0 Å². The zero-order chi connectivity index (χ0) is 16.6. The Morgan fingerprint density at radius 1 is 1.05 bits per heavy atom. The van der Waals surface area contributed by atoms with Gasteiger partial charge in [-0.1, -0.05) is 30.3 Å². The van der Waals surface area contributed by atoms with E-state index in [0.717, 1.165) is 5.56 Å². The number of esters is 2. The Morgan fingerprint density at radius 3 is 2.27 bits per heavy atom. The number of rotatable bonds is 6. The second kappa shape index (κ2) is 8.17. The van der Waals surface area contributed by atoms with E-state index in [0.29, 0.717) is 0 Å². The molecule has 0 aliphatic rings. The molecule has 1 N–H and O–H groups in total. The van der Waals surface area contributed by atoms with E-state index in [-0.39, 0.29) is 13.2 Å². The highest BCUT2D eigenvalue weighted by Gasteiger charge is 2.19. The predicted molar refractivity (Wildman–Crippen MR) is 79.7 cm³/mol. The number of carbonyl (C=O) groups is 3. The van der Waals surface area contributed by atoms with Crippen molar-refractivity contribution in [1.82, 2.24) is 5.32 Å². The van der Waals surface area contributed by atoms with E-state index in [9.17, 15) is 14.4 Å². The van der Waals surface area contributed by atoms with Gasteiger partial charge in [-0.2, -0.15) is 0 Å². The molecule has 0 saturated carbocycles. The molecule has 0 unspecified atom stereocenters. The average Bonchev–Trinajstić information content (AvgIpc) is 2.42. The maximum atomic E-state index is 11.5. The van der Waals surface area contributed by atoms with E-state index in [1.54, 1.807) is 20.8 Å². The van der Waals surface area contributed by atoms with E-state index in [2.05, 4.69) is 5.32 Å². The van der Waals surface area contributed by atoms with Gasteiger partial charge in [0.1, 0.15) is 25.2 Å². The van der Waals surface area contributed by atoms with E-state index in [1.165, 1.54) is 0 Å². The van der Waals surface area contributed by atoms with Crippen LogP contribution in [0.2, 0.25) is 0 Å². The van der Waals surface area contributed by atoms with Crippen molar-refractivity contribution < 1.29 is 23.9 Å². The molecule has 0 aliphatic heterocycles. The minimum atomic E-state index is -0.647. The first-order chi connectivity index (χ1) is 10.3. The monoisotopic (exact) mass is 307 g/mol. The molecule has 0 heterocycles. The normalized spacial score (nSPS) is 10.7. The second-order valence-corrected chi connectivity index (χ2v) is 5.69. The minimum Gasteiger partial charge on any atom is -0.460 e. The molecule has 6 heteroatoms. The van der Waals surface area contributed by atoms with Crippen LogP contribution in [-0.2, 0) is 30.5 Å². The third kappa shape index (κ3) is 8.04. The van der Waals surface area contributed by atoms with E-state index >= 15 is 0 Å². The van der Waals surface area contributed by atoms with E-state index < -0.39 is 29.9 Å². The molecule has 0 atom stereocenters. The molecular weight excluding hydrogens is 286 g/mol. The van der Waals surface area contributed by atoms with Gasteiger partial charge in [-0.15, -0.1) is 0 Å². The fourth-order valence-corrected chi connectivity index (χ4v) is 1.53. The predicted octanol–water partition coefficient (Wildman–Crippen LogP) is 1.58. The van der Waals surface area contributed by atoms with Crippen molar-refractivity contribution in [1.29, 1.82) is 0 Å². The molecule has 0 aromatic heterocycles. The third-order valence-corrected chi connectivity index (χ3v) is 2.40. The molecule has 0 aliphatic carbocycles. The van der Waals surface area contributed by atoms with Gasteiger partial charge in [0.15, 0.2) is 0 Å². The van der Waals surface area contributed by atoms with Gasteiger partial charge in [-0.3, -0.25) is 14.4 Å². The maximum Gasteiger partial charge on any atom is 0.325 e. The Kier molecular flexibility index (Phi) is 6.56. The number of hydrogen-bond acceptors (Lipinski definition) is 5. The molecular formula is C16H21NO5. The van der Waals surface area contributed by atoms with Crippen LogP contribution >= 0.6 is 0 Å². The standard InChI is InChI=1S/C16H21NO5/c1-16(2,3)22-14(19)9-13(18)17-10-15(20)21-11-12-7-5-4-6-8-12/h4-8H,9-11H2,1-3H3,(H,17,18). The Labute approximate surface area is 129 Å². The van der Waals surface area contributed by atoms with Gasteiger partial charge < -0.3 is 14.8 Å². The lowest BCUT2D eigenvalue weighted by Crippen LogP contribution is -2.34. The molecule has 0 spiro atoms. The van der Waals surface area contributed by atoms with Gasteiger partial charge in [0, 0.05) is 0 Å². The van der Waals surface area contributed by atoms with Crippen LogP contribution < -0.4 is 5.32 Å². The Bertz CT molecular complexity index is 519. The molecule has 6 nitrogen and oxygen atoms in total.